The van der Waals surface area contributed by atoms with Gasteiger partial charge in [0.05, 0.1) is 53.1 Å². The molecule has 42 heavy (non-hydrogen) atoms. The van der Waals surface area contributed by atoms with Gasteiger partial charge in [-0.25, -0.2) is 19.7 Å². The van der Waals surface area contributed by atoms with Gasteiger partial charge >= 0.3 is 5.97 Å². The van der Waals surface area contributed by atoms with E-state index >= 15 is 0 Å². The first kappa shape index (κ1) is 27.0. The Morgan fingerprint density at radius 2 is 1.86 bits per heavy atom. The zero-order chi connectivity index (χ0) is 28.5. The van der Waals surface area contributed by atoms with E-state index in [4.69, 9.17) is 24.2 Å². The number of ether oxygens (including phenoxy) is 3. The summed E-state index contributed by atoms with van der Waals surface area (Å²) in [5, 5.41) is 0.952. The Balaban J connectivity index is 1.01. The van der Waals surface area contributed by atoms with Gasteiger partial charge in [-0.2, -0.15) is 0 Å². The highest BCUT2D eigenvalue weighted by atomic mass is 32.1. The molecule has 2 aliphatic rings. The van der Waals surface area contributed by atoms with Crippen LogP contribution in [0.3, 0.4) is 0 Å². The van der Waals surface area contributed by atoms with E-state index in [2.05, 4.69) is 26.6 Å². The van der Waals surface area contributed by atoms with Gasteiger partial charge in [0.1, 0.15) is 17.4 Å². The van der Waals surface area contributed by atoms with Crippen LogP contribution in [-0.2, 0) is 29.2 Å². The molecular weight excluding hydrogens is 550 g/mol. The molecule has 2 aromatic carbocycles. The van der Waals surface area contributed by atoms with E-state index in [0.717, 1.165) is 85.1 Å². The molecule has 2 saturated heterocycles. The van der Waals surface area contributed by atoms with Crippen LogP contribution in [0.1, 0.15) is 52.1 Å². The van der Waals surface area contributed by atoms with E-state index in [-0.39, 0.29) is 12.1 Å². The summed E-state index contributed by atoms with van der Waals surface area (Å²) in [5.74, 6) is 1.70. The second-order valence-corrected chi connectivity index (χ2v) is 12.0. The highest BCUT2D eigenvalue weighted by Gasteiger charge is 2.26. The Kier molecular flexibility index (Phi) is 7.58. The lowest BCUT2D eigenvalue weighted by Crippen LogP contribution is -2.35. The van der Waals surface area contributed by atoms with Crippen molar-refractivity contribution < 1.29 is 19.0 Å². The highest BCUT2D eigenvalue weighted by molar-refractivity contribution is 7.18. The van der Waals surface area contributed by atoms with Crippen molar-refractivity contribution in [1.82, 2.24) is 24.4 Å². The fourth-order valence-electron chi connectivity index (χ4n) is 5.82. The number of esters is 1. The van der Waals surface area contributed by atoms with Crippen molar-refractivity contribution in [3.05, 3.63) is 82.8 Å². The molecule has 0 radical (unpaired) electrons. The lowest BCUT2D eigenvalue weighted by molar-refractivity contribution is -0.0592. The number of nitrogens with zero attached hydrogens (tertiary/aromatic N) is 5. The quantitative estimate of drug-likeness (QED) is 0.208. The monoisotopic (exact) mass is 583 g/mol. The van der Waals surface area contributed by atoms with Crippen LogP contribution in [0.2, 0.25) is 0 Å². The van der Waals surface area contributed by atoms with Crippen LogP contribution in [0, 0.1) is 0 Å². The maximum absolute atomic E-state index is 12.2. The minimum atomic E-state index is -0.340. The van der Waals surface area contributed by atoms with Gasteiger partial charge in [0.15, 0.2) is 0 Å². The maximum atomic E-state index is 12.2. The fourth-order valence-corrected chi connectivity index (χ4v) is 6.70. The number of pyridine rings is 1. The van der Waals surface area contributed by atoms with Crippen molar-refractivity contribution >= 4 is 38.6 Å². The number of likely N-dealkylation sites (tertiary alicyclic amines) is 1. The normalized spacial score (nSPS) is 17.9. The molecule has 3 aromatic heterocycles. The molecule has 0 bridgehead atoms. The first-order valence-electron chi connectivity index (χ1n) is 14.5. The van der Waals surface area contributed by atoms with Gasteiger partial charge in [-0.05, 0) is 68.8 Å². The Hall–Kier alpha value is -3.86. The van der Waals surface area contributed by atoms with Gasteiger partial charge < -0.3 is 18.8 Å². The Morgan fingerprint density at radius 3 is 2.64 bits per heavy atom. The molecule has 10 heteroatoms. The van der Waals surface area contributed by atoms with E-state index in [9.17, 15) is 4.79 Å². The number of rotatable bonds is 9. The van der Waals surface area contributed by atoms with Gasteiger partial charge in [-0.1, -0.05) is 18.2 Å². The third-order valence-electron chi connectivity index (χ3n) is 8.23. The molecule has 0 spiro atoms. The van der Waals surface area contributed by atoms with Gasteiger partial charge in [0.2, 0.25) is 5.88 Å². The molecule has 1 atom stereocenters. The lowest BCUT2D eigenvalue weighted by Gasteiger charge is -2.32. The van der Waals surface area contributed by atoms with Crippen LogP contribution in [0.5, 0.6) is 5.88 Å². The number of aromatic nitrogens is 4. The topological polar surface area (TPSA) is 91.6 Å². The first-order chi connectivity index (χ1) is 20.6. The second kappa shape index (κ2) is 11.8. The predicted octanol–water partition coefficient (Wildman–Crippen LogP) is 5.58. The van der Waals surface area contributed by atoms with Gasteiger partial charge in [0, 0.05) is 24.3 Å². The third-order valence-corrected chi connectivity index (χ3v) is 9.24. The summed E-state index contributed by atoms with van der Waals surface area (Å²) < 4.78 is 20.1. The molecule has 2 aliphatic heterocycles. The van der Waals surface area contributed by atoms with E-state index in [1.807, 2.05) is 42.5 Å². The maximum Gasteiger partial charge on any atom is 0.337 e. The van der Waals surface area contributed by atoms with Gasteiger partial charge in [-0.3, -0.25) is 4.90 Å². The van der Waals surface area contributed by atoms with Crippen LogP contribution in [0.15, 0.2) is 60.7 Å². The van der Waals surface area contributed by atoms with Gasteiger partial charge in [-0.15, -0.1) is 11.3 Å². The van der Waals surface area contributed by atoms with Crippen molar-refractivity contribution in [2.24, 2.45) is 0 Å². The summed E-state index contributed by atoms with van der Waals surface area (Å²) in [7, 11) is 1.41. The smallest absolute Gasteiger partial charge is 0.337 e. The molecule has 0 unspecified atom stereocenters. The number of thiazole rings is 1. The standard InChI is InChI=1S/C32H33N5O4S/c1-39-32(38)22-9-10-25-27(17-22)37(18-23-13-16-40-23)29(33-25)19-36-14-11-21(12-15-36)24-6-4-8-30(34-24)41-20-31-35-26-5-2-3-7-28(26)42-31/h2-10,17,21,23H,11-16,18-20H2,1H3/t23-/m0/s1. The number of carbonyl (C=O) groups is 1. The van der Waals surface area contributed by atoms with Crippen LogP contribution in [-0.4, -0.2) is 63.3 Å². The number of piperidine rings is 1. The average Bonchev–Trinajstić information content (AvgIpc) is 3.58. The fraction of sp³-hybridized carbons (Fsp3) is 0.375. The first-order valence-corrected chi connectivity index (χ1v) is 15.3. The van der Waals surface area contributed by atoms with E-state index in [0.29, 0.717) is 24.0 Å². The zero-order valence-corrected chi connectivity index (χ0v) is 24.4. The summed E-state index contributed by atoms with van der Waals surface area (Å²) in [6.07, 6.45) is 3.26. The summed E-state index contributed by atoms with van der Waals surface area (Å²) >= 11 is 1.66. The molecule has 5 aromatic rings. The van der Waals surface area contributed by atoms with Crippen LogP contribution >= 0.6 is 11.3 Å². The number of fused-ring (bicyclic) bond motifs is 2. The molecule has 0 saturated carbocycles. The minimum absolute atomic E-state index is 0.184. The van der Waals surface area contributed by atoms with E-state index in [1.54, 1.807) is 17.4 Å². The molecule has 0 N–H and O–H groups in total. The van der Waals surface area contributed by atoms with E-state index in [1.165, 1.54) is 11.8 Å². The summed E-state index contributed by atoms with van der Waals surface area (Å²) in [6.45, 7) is 4.62. The molecular formula is C32H33N5O4S. The van der Waals surface area contributed by atoms with Crippen molar-refractivity contribution in [2.45, 2.75) is 51.0 Å². The third kappa shape index (κ3) is 5.62. The van der Waals surface area contributed by atoms with Crippen LogP contribution in [0.4, 0.5) is 0 Å². The summed E-state index contributed by atoms with van der Waals surface area (Å²) in [4.78, 5) is 29.2. The Labute approximate surface area is 248 Å². The Morgan fingerprint density at radius 1 is 1.00 bits per heavy atom. The van der Waals surface area contributed by atoms with E-state index < -0.39 is 0 Å². The average molecular weight is 584 g/mol. The predicted molar refractivity (Wildman–Crippen MR) is 161 cm³/mol. The number of methoxy groups -OCH3 is 1. The van der Waals surface area contributed by atoms with Crippen molar-refractivity contribution in [3.8, 4) is 5.88 Å². The van der Waals surface area contributed by atoms with Crippen molar-refractivity contribution in [2.75, 3.05) is 26.8 Å². The molecule has 0 amide bonds. The van der Waals surface area contributed by atoms with Crippen molar-refractivity contribution in [3.63, 3.8) is 0 Å². The number of hydrogen-bond donors (Lipinski definition) is 0. The zero-order valence-electron chi connectivity index (χ0n) is 23.6. The number of hydrogen-bond acceptors (Lipinski definition) is 9. The SMILES string of the molecule is COC(=O)c1ccc2nc(CN3CCC(c4cccc(OCc5nc6ccccc6s5)n4)CC3)n(C[C@@H]3CCO3)c2c1. The highest BCUT2D eigenvalue weighted by Crippen LogP contribution is 2.30. The van der Waals surface area contributed by atoms with Crippen LogP contribution in [0.25, 0.3) is 21.3 Å². The number of benzene rings is 2. The number of para-hydroxylation sites is 1. The molecule has 216 valence electrons. The van der Waals surface area contributed by atoms with Crippen LogP contribution < -0.4 is 4.74 Å². The number of imidazole rings is 1. The summed E-state index contributed by atoms with van der Waals surface area (Å²) in [6, 6.07) is 19.8. The lowest BCUT2D eigenvalue weighted by atomic mass is 9.93. The summed E-state index contributed by atoms with van der Waals surface area (Å²) in [5.41, 5.74) is 4.46. The molecule has 0 aliphatic carbocycles. The molecule has 9 nitrogen and oxygen atoms in total. The molecule has 7 rings (SSSR count). The largest absolute Gasteiger partial charge is 0.470 e. The minimum Gasteiger partial charge on any atom is -0.470 e. The number of carbonyl (C=O) groups excluding carboxylic acids is 1. The molecule has 5 heterocycles. The van der Waals surface area contributed by atoms with Crippen molar-refractivity contribution in [1.29, 1.82) is 0 Å². The Bertz CT molecular complexity index is 1690. The van der Waals surface area contributed by atoms with Gasteiger partial charge in [0.25, 0.3) is 0 Å². The molecule has 2 fully saturated rings. The second-order valence-electron chi connectivity index (χ2n) is 10.9.